The number of nitro benzene ring substituents is 2. The van der Waals surface area contributed by atoms with Crippen molar-refractivity contribution in [2.45, 2.75) is 0 Å². The Kier molecular flexibility index (Phi) is 2.81. The van der Waals surface area contributed by atoms with Gasteiger partial charge in [0.05, 0.1) is 0 Å². The number of nitro groups is 2. The summed E-state index contributed by atoms with van der Waals surface area (Å²) in [6, 6.07) is 3.64. The van der Waals surface area contributed by atoms with Crippen LogP contribution in [-0.2, 0) is 0 Å². The van der Waals surface area contributed by atoms with E-state index in [2.05, 4.69) is 0 Å². The van der Waals surface area contributed by atoms with E-state index in [1.54, 1.807) is 0 Å². The Labute approximate surface area is 85.9 Å². The standard InChI is InChI=1S/C6H3N2O4.Sn.H/c9-7(10)5-2-1-3-6(4-5)8(11)12;;/h2-4H;;. The molecule has 0 spiro atoms. The van der Waals surface area contributed by atoms with Crippen LogP contribution in [0.2, 0.25) is 0 Å². The summed E-state index contributed by atoms with van der Waals surface area (Å²) in [6.45, 7) is 0. The summed E-state index contributed by atoms with van der Waals surface area (Å²) in [5, 5.41) is 20.7. The van der Waals surface area contributed by atoms with E-state index in [1.807, 2.05) is 0 Å². The third kappa shape index (κ3) is 2.38. The Morgan fingerprint density at radius 3 is 1.69 bits per heavy atom. The van der Waals surface area contributed by atoms with Gasteiger partial charge in [-0.25, -0.2) is 0 Å². The molecule has 0 N–H and O–H groups in total. The molecule has 1 rings (SSSR count). The first kappa shape index (κ1) is 9.90. The van der Waals surface area contributed by atoms with Crippen molar-refractivity contribution in [1.82, 2.24) is 0 Å². The van der Waals surface area contributed by atoms with Crippen LogP contribution in [-0.4, -0.2) is 32.4 Å². The first-order valence-electron chi connectivity index (χ1n) is 3.20. The number of hydrogen-bond acceptors (Lipinski definition) is 4. The fraction of sp³-hybridized carbons (Fsp3) is 0. The number of non-ortho nitro benzene ring substituents is 2. The molecule has 0 fully saturated rings. The van der Waals surface area contributed by atoms with E-state index >= 15 is 0 Å². The molecule has 0 saturated heterocycles. The summed E-state index contributed by atoms with van der Waals surface area (Å²) < 4.78 is 0.631. The topological polar surface area (TPSA) is 86.3 Å². The third-order valence-electron chi connectivity index (χ3n) is 1.35. The first-order chi connectivity index (χ1) is 6.00. The van der Waals surface area contributed by atoms with Gasteiger partial charge in [-0.15, -0.1) is 0 Å². The molecule has 0 bridgehead atoms. The van der Waals surface area contributed by atoms with Gasteiger partial charge in [0, 0.05) is 0 Å². The number of hydrogen-bond donors (Lipinski definition) is 0. The molecule has 66 valence electrons. The van der Waals surface area contributed by atoms with E-state index < -0.39 is 9.85 Å². The molecule has 0 aromatic heterocycles. The molecule has 0 amide bonds. The molecule has 0 atom stereocenters. The molecule has 13 heavy (non-hydrogen) atoms. The molecular weight excluding hydrogens is 283 g/mol. The monoisotopic (exact) mass is 288 g/mol. The van der Waals surface area contributed by atoms with Crippen molar-refractivity contribution in [3.05, 3.63) is 38.4 Å². The van der Waals surface area contributed by atoms with Crippen LogP contribution >= 0.6 is 0 Å². The van der Waals surface area contributed by atoms with E-state index in [4.69, 9.17) is 0 Å². The second-order valence-electron chi connectivity index (χ2n) is 2.30. The maximum atomic E-state index is 10.3. The minimum absolute atomic E-state index is 0.225. The van der Waals surface area contributed by atoms with Crippen molar-refractivity contribution in [3.63, 3.8) is 0 Å². The van der Waals surface area contributed by atoms with Gasteiger partial charge in [-0.1, -0.05) is 0 Å². The molecule has 0 aliphatic heterocycles. The van der Waals surface area contributed by atoms with Crippen LogP contribution in [0, 0.1) is 20.2 Å². The summed E-state index contributed by atoms with van der Waals surface area (Å²) >= 11 is 0.619. The normalized spacial score (nSPS) is 9.62. The molecule has 0 aliphatic carbocycles. The van der Waals surface area contributed by atoms with E-state index in [9.17, 15) is 20.2 Å². The van der Waals surface area contributed by atoms with E-state index in [0.717, 1.165) is 6.07 Å². The van der Waals surface area contributed by atoms with Crippen LogP contribution in [0.25, 0.3) is 0 Å². The summed E-state index contributed by atoms with van der Waals surface area (Å²) in [7, 11) is 0. The predicted molar refractivity (Wildman–Crippen MR) is 46.5 cm³/mol. The number of rotatable bonds is 2. The van der Waals surface area contributed by atoms with Crippen LogP contribution in [0.3, 0.4) is 0 Å². The van der Waals surface area contributed by atoms with Crippen LogP contribution in [0.4, 0.5) is 11.4 Å². The maximum absolute atomic E-state index is 10.3. The van der Waals surface area contributed by atoms with Crippen LogP contribution < -0.4 is 3.58 Å². The molecule has 7 heteroatoms. The van der Waals surface area contributed by atoms with Gasteiger partial charge in [-0.05, 0) is 0 Å². The zero-order valence-electron chi connectivity index (χ0n) is 6.34. The van der Waals surface area contributed by atoms with E-state index in [0.29, 0.717) is 26.1 Å². The van der Waals surface area contributed by atoms with Gasteiger partial charge < -0.3 is 0 Å². The van der Waals surface area contributed by atoms with Crippen LogP contribution in [0.15, 0.2) is 18.2 Å². The summed E-state index contributed by atoms with van der Waals surface area (Å²) in [4.78, 5) is 19.4. The molecule has 2 radical (unpaired) electrons. The van der Waals surface area contributed by atoms with E-state index in [-0.39, 0.29) is 11.4 Å². The molecule has 0 heterocycles. The Morgan fingerprint density at radius 1 is 1.00 bits per heavy atom. The molecular formula is C6H4N2O4Sn. The van der Waals surface area contributed by atoms with Crippen LogP contribution in [0.5, 0.6) is 0 Å². The molecule has 6 nitrogen and oxygen atoms in total. The summed E-state index contributed by atoms with van der Waals surface area (Å²) in [5.74, 6) is 0. The summed E-state index contributed by atoms with van der Waals surface area (Å²) in [6.07, 6.45) is 0. The number of nitrogens with zero attached hydrogens (tertiary/aromatic N) is 2. The van der Waals surface area contributed by atoms with Crippen molar-refractivity contribution in [1.29, 1.82) is 0 Å². The van der Waals surface area contributed by atoms with Crippen molar-refractivity contribution in [2.24, 2.45) is 0 Å². The van der Waals surface area contributed by atoms with Crippen LogP contribution in [0.1, 0.15) is 0 Å². The van der Waals surface area contributed by atoms with Gasteiger partial charge >= 0.3 is 85.8 Å². The molecule has 0 saturated carbocycles. The molecule has 0 aliphatic rings. The van der Waals surface area contributed by atoms with Gasteiger partial charge in [0.15, 0.2) is 0 Å². The van der Waals surface area contributed by atoms with Gasteiger partial charge in [0.2, 0.25) is 0 Å². The number of benzene rings is 1. The average molecular weight is 287 g/mol. The molecule has 0 unspecified atom stereocenters. The molecule has 1 aromatic carbocycles. The SMILES string of the molecule is O=[N+]([O-])c1c[c]([SnH])cc([N+](=O)[O-])c1. The first-order valence-corrected chi connectivity index (χ1v) is 4.85. The fourth-order valence-corrected chi connectivity index (χ4v) is 1.80. The summed E-state index contributed by atoms with van der Waals surface area (Å²) in [5.41, 5.74) is -0.450. The average Bonchev–Trinajstić information content (AvgIpc) is 2.03. The van der Waals surface area contributed by atoms with Gasteiger partial charge in [0.1, 0.15) is 0 Å². The van der Waals surface area contributed by atoms with E-state index in [1.165, 1.54) is 12.1 Å². The second kappa shape index (κ2) is 3.69. The zero-order chi connectivity index (χ0) is 10.0. The third-order valence-corrected chi connectivity index (χ3v) is 2.30. The van der Waals surface area contributed by atoms with Gasteiger partial charge in [-0.3, -0.25) is 0 Å². The van der Waals surface area contributed by atoms with Crippen molar-refractivity contribution in [2.75, 3.05) is 0 Å². The van der Waals surface area contributed by atoms with Gasteiger partial charge in [0.25, 0.3) is 0 Å². The van der Waals surface area contributed by atoms with Crippen molar-refractivity contribution >= 4 is 37.5 Å². The fourth-order valence-electron chi connectivity index (χ4n) is 0.829. The zero-order valence-corrected chi connectivity index (χ0v) is 9.63. The molecule has 1 aromatic rings. The Balaban J connectivity index is 3.26. The quantitative estimate of drug-likeness (QED) is 0.436. The minimum atomic E-state index is -0.632. The Bertz CT molecular complexity index is 347. The second-order valence-corrected chi connectivity index (χ2v) is 4.20. The van der Waals surface area contributed by atoms with Gasteiger partial charge in [-0.2, -0.15) is 0 Å². The van der Waals surface area contributed by atoms with Crippen molar-refractivity contribution in [3.8, 4) is 0 Å². The van der Waals surface area contributed by atoms with Crippen molar-refractivity contribution < 1.29 is 9.85 Å². The Morgan fingerprint density at radius 2 is 1.38 bits per heavy atom. The Hall–Kier alpha value is -1.18. The predicted octanol–water partition coefficient (Wildman–Crippen LogP) is 0.0291.